The zero-order valence-electron chi connectivity index (χ0n) is 12.6. The summed E-state index contributed by atoms with van der Waals surface area (Å²) < 4.78 is 0. The van der Waals surface area contributed by atoms with Crippen molar-refractivity contribution in [3.05, 3.63) is 41.6 Å². The third-order valence-corrected chi connectivity index (χ3v) is 4.81. The zero-order chi connectivity index (χ0) is 15.6. The molecule has 110 valence electrons. The van der Waals surface area contributed by atoms with Gasteiger partial charge in [0.1, 0.15) is 11.2 Å². The fourth-order valence-corrected chi connectivity index (χ4v) is 3.12. The van der Waals surface area contributed by atoms with Gasteiger partial charge >= 0.3 is 0 Å². The number of carbonyl (C=O) groups excluding carboxylic acids is 2. The summed E-state index contributed by atoms with van der Waals surface area (Å²) in [5.74, 6) is -0.0959. The quantitative estimate of drug-likeness (QED) is 0.811. The van der Waals surface area contributed by atoms with Crippen LogP contribution >= 0.6 is 0 Å². The number of hydrogen-bond donors (Lipinski definition) is 0. The average molecular weight is 293 g/mol. The molecule has 2 aliphatic rings. The van der Waals surface area contributed by atoms with Gasteiger partial charge in [0.15, 0.2) is 5.84 Å². The minimum absolute atomic E-state index is 0.0334. The van der Waals surface area contributed by atoms with E-state index in [-0.39, 0.29) is 17.7 Å². The molecular formula is C17H15N3O2. The van der Waals surface area contributed by atoms with Gasteiger partial charge in [0, 0.05) is 5.39 Å². The van der Waals surface area contributed by atoms with Gasteiger partial charge in [-0.3, -0.25) is 14.5 Å². The highest BCUT2D eigenvalue weighted by molar-refractivity contribution is 6.30. The summed E-state index contributed by atoms with van der Waals surface area (Å²) in [6, 6.07) is 9.47. The number of carbonyl (C=O) groups is 2. The number of para-hydroxylation sites is 1. The van der Waals surface area contributed by atoms with Gasteiger partial charge in [-0.05, 0) is 25.0 Å². The molecule has 0 fully saturated rings. The molecule has 1 atom stereocenters. The molecule has 0 bridgehead atoms. The number of benzene rings is 1. The summed E-state index contributed by atoms with van der Waals surface area (Å²) in [6.45, 7) is 5.63. The van der Waals surface area contributed by atoms with Crippen LogP contribution in [-0.4, -0.2) is 33.1 Å². The third kappa shape index (κ3) is 1.38. The van der Waals surface area contributed by atoms with E-state index in [0.717, 1.165) is 10.9 Å². The standard InChI is InChI=1S/C17H15N3O2/c1-9(2)17(3)16(22)19-14-13-11(15(21)20(14)17)8-10-6-4-5-7-12(10)18-13/h4-9H,1-3H3. The van der Waals surface area contributed by atoms with Crippen LogP contribution in [-0.2, 0) is 4.79 Å². The van der Waals surface area contributed by atoms with Crippen molar-refractivity contribution in [3.63, 3.8) is 0 Å². The molecule has 0 aliphatic carbocycles. The summed E-state index contributed by atoms with van der Waals surface area (Å²) in [7, 11) is 0. The smallest absolute Gasteiger partial charge is 0.274 e. The first-order valence-electron chi connectivity index (χ1n) is 7.32. The van der Waals surface area contributed by atoms with Crippen molar-refractivity contribution in [2.45, 2.75) is 26.3 Å². The van der Waals surface area contributed by atoms with E-state index in [1.54, 1.807) is 6.92 Å². The van der Waals surface area contributed by atoms with Gasteiger partial charge in [-0.1, -0.05) is 32.0 Å². The SMILES string of the molecule is CC(C)C1(C)C(=O)N=C2c3nc4ccccc4cc3C(=O)N21. The number of hydrogen-bond acceptors (Lipinski definition) is 3. The van der Waals surface area contributed by atoms with Crippen molar-refractivity contribution >= 4 is 28.6 Å². The Balaban J connectivity index is 1.99. The largest absolute Gasteiger partial charge is 0.275 e. The molecule has 2 amide bonds. The number of amides is 2. The van der Waals surface area contributed by atoms with Gasteiger partial charge in [-0.2, -0.15) is 4.99 Å². The van der Waals surface area contributed by atoms with Gasteiger partial charge in [-0.15, -0.1) is 0 Å². The Kier molecular flexibility index (Phi) is 2.39. The maximum Gasteiger partial charge on any atom is 0.274 e. The summed E-state index contributed by atoms with van der Waals surface area (Å²) in [6.07, 6.45) is 0. The van der Waals surface area contributed by atoms with Crippen LogP contribution < -0.4 is 0 Å². The molecule has 4 rings (SSSR count). The summed E-state index contributed by atoms with van der Waals surface area (Å²) >= 11 is 0. The van der Waals surface area contributed by atoms with Gasteiger partial charge < -0.3 is 0 Å². The van der Waals surface area contributed by atoms with E-state index in [0.29, 0.717) is 17.1 Å². The van der Waals surface area contributed by atoms with E-state index < -0.39 is 5.54 Å². The maximum atomic E-state index is 12.8. The molecule has 0 saturated heterocycles. The molecule has 3 heterocycles. The number of rotatable bonds is 1. The van der Waals surface area contributed by atoms with Gasteiger partial charge in [0.05, 0.1) is 11.1 Å². The van der Waals surface area contributed by atoms with Crippen molar-refractivity contribution in [2.24, 2.45) is 10.9 Å². The first-order valence-corrected chi connectivity index (χ1v) is 7.32. The van der Waals surface area contributed by atoms with Gasteiger partial charge in [0.25, 0.3) is 11.8 Å². The minimum atomic E-state index is -0.931. The van der Waals surface area contributed by atoms with Crippen LogP contribution in [0.25, 0.3) is 10.9 Å². The van der Waals surface area contributed by atoms with Crippen LogP contribution in [0.4, 0.5) is 0 Å². The molecule has 22 heavy (non-hydrogen) atoms. The van der Waals surface area contributed by atoms with Crippen molar-refractivity contribution in [1.82, 2.24) is 9.88 Å². The molecule has 0 saturated carbocycles. The molecule has 1 unspecified atom stereocenters. The van der Waals surface area contributed by atoms with Crippen molar-refractivity contribution in [1.29, 1.82) is 0 Å². The number of pyridine rings is 1. The fraction of sp³-hybridized carbons (Fsp3) is 0.294. The van der Waals surface area contributed by atoms with E-state index in [4.69, 9.17) is 0 Å². The Morgan fingerprint density at radius 3 is 2.64 bits per heavy atom. The molecule has 0 N–H and O–H groups in total. The van der Waals surface area contributed by atoms with E-state index in [1.807, 2.05) is 44.2 Å². The average Bonchev–Trinajstić information content (AvgIpc) is 2.92. The van der Waals surface area contributed by atoms with E-state index in [1.165, 1.54) is 4.90 Å². The van der Waals surface area contributed by atoms with Crippen LogP contribution in [0.1, 0.15) is 36.8 Å². The monoisotopic (exact) mass is 293 g/mol. The second-order valence-corrected chi connectivity index (χ2v) is 6.26. The molecule has 5 nitrogen and oxygen atoms in total. The maximum absolute atomic E-state index is 12.8. The fourth-order valence-electron chi connectivity index (χ4n) is 3.12. The predicted molar refractivity (Wildman–Crippen MR) is 82.7 cm³/mol. The highest BCUT2D eigenvalue weighted by Gasteiger charge is 2.56. The molecule has 0 radical (unpaired) electrons. The predicted octanol–water partition coefficient (Wildman–Crippen LogP) is 2.39. The van der Waals surface area contributed by atoms with Crippen molar-refractivity contribution in [3.8, 4) is 0 Å². The van der Waals surface area contributed by atoms with Gasteiger partial charge in [-0.25, -0.2) is 4.98 Å². The first-order chi connectivity index (χ1) is 10.4. The van der Waals surface area contributed by atoms with Crippen molar-refractivity contribution < 1.29 is 9.59 Å². The highest BCUT2D eigenvalue weighted by Crippen LogP contribution is 2.39. The Bertz CT molecular complexity index is 885. The van der Waals surface area contributed by atoms with Crippen LogP contribution in [0.5, 0.6) is 0 Å². The number of aromatic nitrogens is 1. The highest BCUT2D eigenvalue weighted by atomic mass is 16.2. The number of amidine groups is 1. The van der Waals surface area contributed by atoms with Crippen LogP contribution in [0.15, 0.2) is 35.3 Å². The second kappa shape index (κ2) is 4.00. The second-order valence-electron chi connectivity index (χ2n) is 6.26. The topological polar surface area (TPSA) is 62.6 Å². The molecular weight excluding hydrogens is 278 g/mol. The lowest BCUT2D eigenvalue weighted by Crippen LogP contribution is -2.53. The van der Waals surface area contributed by atoms with Crippen LogP contribution in [0.2, 0.25) is 0 Å². The first kappa shape index (κ1) is 13.1. The Morgan fingerprint density at radius 1 is 1.18 bits per heavy atom. The molecule has 0 spiro atoms. The number of nitrogens with zero attached hydrogens (tertiary/aromatic N) is 3. The lowest BCUT2D eigenvalue weighted by Gasteiger charge is -2.34. The number of aliphatic imine (C=N–C) groups is 1. The Hall–Kier alpha value is -2.56. The normalized spacial score (nSPS) is 23.3. The molecule has 2 aromatic rings. The third-order valence-electron chi connectivity index (χ3n) is 4.81. The Morgan fingerprint density at radius 2 is 1.91 bits per heavy atom. The zero-order valence-corrected chi connectivity index (χ0v) is 12.6. The van der Waals surface area contributed by atoms with E-state index in [9.17, 15) is 9.59 Å². The minimum Gasteiger partial charge on any atom is -0.275 e. The lowest BCUT2D eigenvalue weighted by atomic mass is 9.87. The number of fused-ring (bicyclic) bond motifs is 4. The summed E-state index contributed by atoms with van der Waals surface area (Å²) in [5.41, 5.74) is 0.904. The van der Waals surface area contributed by atoms with Gasteiger partial charge in [0.2, 0.25) is 0 Å². The molecule has 1 aromatic carbocycles. The Labute approximate surface area is 127 Å². The summed E-state index contributed by atoms with van der Waals surface area (Å²) in [4.78, 5) is 35.4. The van der Waals surface area contributed by atoms with E-state index in [2.05, 4.69) is 9.98 Å². The molecule has 5 heteroatoms. The molecule has 2 aliphatic heterocycles. The lowest BCUT2D eigenvalue weighted by molar-refractivity contribution is -0.126. The van der Waals surface area contributed by atoms with Crippen LogP contribution in [0.3, 0.4) is 0 Å². The summed E-state index contributed by atoms with van der Waals surface area (Å²) in [5, 5.41) is 0.911. The van der Waals surface area contributed by atoms with Crippen molar-refractivity contribution in [2.75, 3.05) is 0 Å². The van der Waals surface area contributed by atoms with Crippen LogP contribution in [0, 0.1) is 5.92 Å². The van der Waals surface area contributed by atoms with E-state index >= 15 is 0 Å². The molecule has 1 aromatic heterocycles.